The first kappa shape index (κ1) is 7.77. The van der Waals surface area contributed by atoms with Crippen LogP contribution in [0, 0.1) is 0 Å². The van der Waals surface area contributed by atoms with Gasteiger partial charge in [0.25, 0.3) is 0 Å². The molecule has 3 heteroatoms. The summed E-state index contributed by atoms with van der Waals surface area (Å²) >= 11 is 7.38. The molecule has 0 spiro atoms. The minimum absolute atomic E-state index is 0.751. The van der Waals surface area contributed by atoms with Gasteiger partial charge in [-0.3, -0.25) is 0 Å². The molecule has 0 bridgehead atoms. The summed E-state index contributed by atoms with van der Waals surface area (Å²) < 4.78 is 0.751. The molecule has 0 fully saturated rings. The summed E-state index contributed by atoms with van der Waals surface area (Å²) in [4.78, 5) is 4.17. The van der Waals surface area contributed by atoms with Gasteiger partial charge in [-0.05, 0) is 0 Å². The van der Waals surface area contributed by atoms with Crippen molar-refractivity contribution < 1.29 is 0 Å². The first-order valence-electron chi connectivity index (χ1n) is 3.52. The Hall–Kier alpha value is -0.860. The van der Waals surface area contributed by atoms with E-state index in [0.717, 1.165) is 15.6 Å². The van der Waals surface area contributed by atoms with E-state index in [1.165, 1.54) is 11.3 Å². The molecule has 1 heterocycles. The van der Waals surface area contributed by atoms with Gasteiger partial charge in [0.2, 0.25) is 0 Å². The Morgan fingerprint density at radius 1 is 1.17 bits per heavy atom. The molecule has 1 aromatic carbocycles. The average molecular weight is 196 g/mol. The minimum atomic E-state index is 0.751. The molecule has 0 N–H and O–H groups in total. The zero-order chi connectivity index (χ0) is 8.39. The lowest BCUT2D eigenvalue weighted by molar-refractivity contribution is 1.41. The number of aromatic nitrogens is 1. The summed E-state index contributed by atoms with van der Waals surface area (Å²) in [5, 5.41) is 0. The second kappa shape index (κ2) is 3.25. The van der Waals surface area contributed by atoms with Crippen LogP contribution in [0.2, 0.25) is 4.34 Å². The van der Waals surface area contributed by atoms with Gasteiger partial charge in [-0.25, -0.2) is 4.98 Å². The molecular weight excluding hydrogens is 190 g/mol. The van der Waals surface area contributed by atoms with E-state index in [1.54, 1.807) is 5.51 Å². The van der Waals surface area contributed by atoms with Crippen molar-refractivity contribution in [3.8, 4) is 11.3 Å². The average Bonchev–Trinajstić information content (AvgIpc) is 2.53. The van der Waals surface area contributed by atoms with Crippen molar-refractivity contribution in [2.45, 2.75) is 0 Å². The molecule has 1 aromatic heterocycles. The summed E-state index contributed by atoms with van der Waals surface area (Å²) in [7, 11) is 0. The molecule has 0 radical (unpaired) electrons. The zero-order valence-electron chi connectivity index (χ0n) is 6.20. The SMILES string of the molecule is Clc1scnc1-c1ccccc1. The third-order valence-corrected chi connectivity index (χ3v) is 2.63. The maximum Gasteiger partial charge on any atom is 0.121 e. The van der Waals surface area contributed by atoms with Crippen LogP contribution < -0.4 is 0 Å². The largest absolute Gasteiger partial charge is 0.243 e. The van der Waals surface area contributed by atoms with Gasteiger partial charge < -0.3 is 0 Å². The number of benzene rings is 1. The molecule has 0 aliphatic heterocycles. The van der Waals surface area contributed by atoms with Gasteiger partial charge in [0.1, 0.15) is 4.34 Å². The van der Waals surface area contributed by atoms with Crippen molar-refractivity contribution in [2.75, 3.05) is 0 Å². The van der Waals surface area contributed by atoms with Crippen molar-refractivity contribution in [1.29, 1.82) is 0 Å². The van der Waals surface area contributed by atoms with Crippen molar-refractivity contribution in [3.63, 3.8) is 0 Å². The van der Waals surface area contributed by atoms with E-state index in [4.69, 9.17) is 11.6 Å². The first-order chi connectivity index (χ1) is 5.88. The second-order valence-electron chi connectivity index (χ2n) is 2.34. The van der Waals surface area contributed by atoms with Gasteiger partial charge in [0, 0.05) is 5.56 Å². The quantitative estimate of drug-likeness (QED) is 0.679. The highest BCUT2D eigenvalue weighted by atomic mass is 35.5. The fraction of sp³-hybridized carbons (Fsp3) is 0. The fourth-order valence-electron chi connectivity index (χ4n) is 1.02. The Morgan fingerprint density at radius 3 is 2.50 bits per heavy atom. The lowest BCUT2D eigenvalue weighted by atomic mass is 10.2. The van der Waals surface area contributed by atoms with Crippen LogP contribution in [0.25, 0.3) is 11.3 Å². The molecule has 0 saturated carbocycles. The topological polar surface area (TPSA) is 12.9 Å². The van der Waals surface area contributed by atoms with Gasteiger partial charge in [-0.15, -0.1) is 11.3 Å². The monoisotopic (exact) mass is 195 g/mol. The van der Waals surface area contributed by atoms with Crippen molar-refractivity contribution in [2.24, 2.45) is 0 Å². The standard InChI is InChI=1S/C9H6ClNS/c10-9-8(11-6-12-9)7-4-2-1-3-5-7/h1-6H. The third-order valence-electron chi connectivity index (χ3n) is 1.57. The fourth-order valence-corrected chi connectivity index (χ4v) is 1.83. The Labute approximate surface area is 79.7 Å². The molecule has 0 aliphatic carbocycles. The van der Waals surface area contributed by atoms with Crippen LogP contribution in [0.4, 0.5) is 0 Å². The molecule has 0 aliphatic rings. The predicted molar refractivity (Wildman–Crippen MR) is 52.6 cm³/mol. The summed E-state index contributed by atoms with van der Waals surface area (Å²) in [5.74, 6) is 0. The Morgan fingerprint density at radius 2 is 1.92 bits per heavy atom. The molecule has 2 rings (SSSR count). The zero-order valence-corrected chi connectivity index (χ0v) is 7.77. The van der Waals surface area contributed by atoms with Crippen molar-refractivity contribution >= 4 is 22.9 Å². The van der Waals surface area contributed by atoms with Crippen LogP contribution in [0.1, 0.15) is 0 Å². The van der Waals surface area contributed by atoms with E-state index in [2.05, 4.69) is 4.98 Å². The molecule has 1 nitrogen and oxygen atoms in total. The van der Waals surface area contributed by atoms with Gasteiger partial charge in [-0.2, -0.15) is 0 Å². The van der Waals surface area contributed by atoms with E-state index in [1.807, 2.05) is 30.3 Å². The van der Waals surface area contributed by atoms with E-state index in [9.17, 15) is 0 Å². The van der Waals surface area contributed by atoms with Crippen LogP contribution in [0.3, 0.4) is 0 Å². The van der Waals surface area contributed by atoms with E-state index < -0.39 is 0 Å². The molecule has 0 saturated heterocycles. The molecule has 0 amide bonds. The molecule has 2 aromatic rings. The van der Waals surface area contributed by atoms with Crippen molar-refractivity contribution in [3.05, 3.63) is 40.2 Å². The molecule has 0 atom stereocenters. The van der Waals surface area contributed by atoms with Gasteiger partial charge in [0.05, 0.1) is 11.2 Å². The van der Waals surface area contributed by atoms with Crippen molar-refractivity contribution in [1.82, 2.24) is 4.98 Å². The summed E-state index contributed by atoms with van der Waals surface area (Å²) in [5.41, 5.74) is 3.70. The molecule has 0 unspecified atom stereocenters. The normalized spacial score (nSPS) is 10.1. The smallest absolute Gasteiger partial charge is 0.121 e. The second-order valence-corrected chi connectivity index (χ2v) is 3.80. The maximum atomic E-state index is 5.93. The van der Waals surface area contributed by atoms with E-state index >= 15 is 0 Å². The summed E-state index contributed by atoms with van der Waals surface area (Å²) in [6, 6.07) is 9.93. The van der Waals surface area contributed by atoms with Gasteiger partial charge >= 0.3 is 0 Å². The van der Waals surface area contributed by atoms with E-state index in [-0.39, 0.29) is 0 Å². The van der Waals surface area contributed by atoms with E-state index in [0.29, 0.717) is 0 Å². The highest BCUT2D eigenvalue weighted by Crippen LogP contribution is 2.29. The molecule has 12 heavy (non-hydrogen) atoms. The number of rotatable bonds is 1. The van der Waals surface area contributed by atoms with Gasteiger partial charge in [-0.1, -0.05) is 41.9 Å². The third kappa shape index (κ3) is 1.36. The Kier molecular flexibility index (Phi) is 2.11. The van der Waals surface area contributed by atoms with Crippen LogP contribution in [0.15, 0.2) is 35.8 Å². The Bertz CT molecular complexity index is 369. The van der Waals surface area contributed by atoms with Gasteiger partial charge in [0.15, 0.2) is 0 Å². The lowest BCUT2D eigenvalue weighted by Gasteiger charge is -1.94. The number of nitrogens with zero attached hydrogens (tertiary/aromatic N) is 1. The first-order valence-corrected chi connectivity index (χ1v) is 4.78. The number of hydrogen-bond acceptors (Lipinski definition) is 2. The maximum absolute atomic E-state index is 5.93. The highest BCUT2D eigenvalue weighted by molar-refractivity contribution is 7.14. The van der Waals surface area contributed by atoms with Crippen LogP contribution in [-0.4, -0.2) is 4.98 Å². The minimum Gasteiger partial charge on any atom is -0.243 e. The van der Waals surface area contributed by atoms with Crippen LogP contribution >= 0.6 is 22.9 Å². The lowest BCUT2D eigenvalue weighted by Crippen LogP contribution is -1.75. The van der Waals surface area contributed by atoms with Crippen LogP contribution in [-0.2, 0) is 0 Å². The highest BCUT2D eigenvalue weighted by Gasteiger charge is 2.04. The Balaban J connectivity index is 2.51. The van der Waals surface area contributed by atoms with Crippen LogP contribution in [0.5, 0.6) is 0 Å². The summed E-state index contributed by atoms with van der Waals surface area (Å²) in [6.45, 7) is 0. The number of hydrogen-bond donors (Lipinski definition) is 0. The summed E-state index contributed by atoms with van der Waals surface area (Å²) in [6.07, 6.45) is 0. The number of thiazole rings is 1. The number of halogens is 1. The molecular formula is C9H6ClNS. The predicted octanol–water partition coefficient (Wildman–Crippen LogP) is 3.46. The molecule has 60 valence electrons.